The zero-order valence-electron chi connectivity index (χ0n) is 11.1. The van der Waals surface area contributed by atoms with Crippen LogP contribution in [0.1, 0.15) is 6.42 Å². The van der Waals surface area contributed by atoms with Crippen LogP contribution in [-0.4, -0.2) is 47.6 Å². The van der Waals surface area contributed by atoms with Crippen LogP contribution in [0, 0.1) is 10.1 Å². The molecule has 0 saturated carbocycles. The van der Waals surface area contributed by atoms with E-state index in [4.69, 9.17) is 4.74 Å². The number of ether oxygens (including phenoxy) is 1. The number of nitrogens with one attached hydrogen (secondary N) is 1. The lowest BCUT2D eigenvalue weighted by atomic mass is 10.1. The topological polar surface area (TPSA) is 84.7 Å². The molecule has 1 amide bonds. The van der Waals surface area contributed by atoms with Crippen molar-refractivity contribution in [2.24, 2.45) is 0 Å². The Labute approximate surface area is 129 Å². The Hall–Kier alpha value is -1.67. The molecule has 2 saturated heterocycles. The van der Waals surface area contributed by atoms with Crippen molar-refractivity contribution in [3.05, 3.63) is 32.8 Å². The molecule has 2 aliphatic heterocycles. The van der Waals surface area contributed by atoms with Gasteiger partial charge in [0.1, 0.15) is 12.3 Å². The highest BCUT2D eigenvalue weighted by molar-refractivity contribution is 9.10. The Kier molecular flexibility index (Phi) is 3.81. The molecule has 3 rings (SSSR count). The van der Waals surface area contributed by atoms with E-state index in [0.717, 1.165) is 6.42 Å². The van der Waals surface area contributed by atoms with Crippen molar-refractivity contribution in [3.63, 3.8) is 0 Å². The molecule has 21 heavy (non-hydrogen) atoms. The molecule has 8 heteroatoms. The molecule has 1 N–H and O–H groups in total. The minimum absolute atomic E-state index is 0.000487. The van der Waals surface area contributed by atoms with Gasteiger partial charge in [-0.05, 0) is 18.6 Å². The van der Waals surface area contributed by atoms with Gasteiger partial charge in [0.05, 0.1) is 17.6 Å². The van der Waals surface area contributed by atoms with Crippen LogP contribution < -0.4 is 5.32 Å². The number of rotatable bonds is 3. The second-order valence-electron chi connectivity index (χ2n) is 5.21. The Morgan fingerprint density at radius 1 is 1.48 bits per heavy atom. The summed E-state index contributed by atoms with van der Waals surface area (Å²) >= 11 is 3.23. The Balaban J connectivity index is 1.76. The lowest BCUT2D eigenvalue weighted by Crippen LogP contribution is -2.45. The van der Waals surface area contributed by atoms with E-state index in [1.165, 1.54) is 6.07 Å². The summed E-state index contributed by atoms with van der Waals surface area (Å²) in [5.74, 6) is -0.0131. The molecule has 2 aliphatic rings. The van der Waals surface area contributed by atoms with Crippen molar-refractivity contribution in [3.8, 4) is 0 Å². The SMILES string of the molecule is O=C1COC[C@H]2C[C@@H](Nc3ccc(Br)cc3[N+](=O)[O-])CN12. The number of amides is 1. The van der Waals surface area contributed by atoms with Gasteiger partial charge in [-0.1, -0.05) is 15.9 Å². The van der Waals surface area contributed by atoms with Crippen molar-refractivity contribution in [1.82, 2.24) is 4.90 Å². The maximum atomic E-state index is 11.8. The molecular weight excluding hydrogens is 342 g/mol. The Morgan fingerprint density at radius 3 is 3.00 bits per heavy atom. The lowest BCUT2D eigenvalue weighted by Gasteiger charge is -2.28. The molecule has 1 aromatic rings. The fourth-order valence-corrected chi connectivity index (χ4v) is 3.20. The number of fused-ring (bicyclic) bond motifs is 1. The summed E-state index contributed by atoms with van der Waals surface area (Å²) in [4.78, 5) is 24.2. The normalized spacial score (nSPS) is 24.8. The third-order valence-corrected chi connectivity index (χ3v) is 4.28. The number of morpholine rings is 1. The van der Waals surface area contributed by atoms with Crippen LogP contribution in [0.2, 0.25) is 0 Å². The number of carbonyl (C=O) groups is 1. The molecule has 2 heterocycles. The highest BCUT2D eigenvalue weighted by Gasteiger charge is 2.38. The minimum atomic E-state index is -0.413. The van der Waals surface area contributed by atoms with E-state index in [1.54, 1.807) is 17.0 Å². The highest BCUT2D eigenvalue weighted by atomic mass is 79.9. The predicted octanol–water partition coefficient (Wildman–Crippen LogP) is 1.77. The van der Waals surface area contributed by atoms with Gasteiger partial charge in [0.15, 0.2) is 0 Å². The number of hydrogen-bond acceptors (Lipinski definition) is 5. The van der Waals surface area contributed by atoms with Gasteiger partial charge in [0.2, 0.25) is 5.91 Å². The summed E-state index contributed by atoms with van der Waals surface area (Å²) < 4.78 is 5.90. The second kappa shape index (κ2) is 5.61. The van der Waals surface area contributed by atoms with Crippen LogP contribution in [0.25, 0.3) is 0 Å². The van der Waals surface area contributed by atoms with E-state index in [2.05, 4.69) is 21.2 Å². The molecule has 112 valence electrons. The van der Waals surface area contributed by atoms with E-state index >= 15 is 0 Å². The van der Waals surface area contributed by atoms with Gasteiger partial charge in [-0.25, -0.2) is 0 Å². The van der Waals surface area contributed by atoms with Crippen molar-refractivity contribution in [2.45, 2.75) is 18.5 Å². The first-order chi connectivity index (χ1) is 10.0. The number of halogens is 1. The molecule has 1 aromatic carbocycles. The standard InChI is InChI=1S/C13H14BrN3O4/c14-8-1-2-11(12(3-8)17(19)20)15-9-4-10-6-21-7-13(18)16(10)5-9/h1-3,9-10,15H,4-7H2/t9-,10-/m1/s1. The molecule has 0 aromatic heterocycles. The fourth-order valence-electron chi connectivity index (χ4n) is 2.85. The molecule has 0 aliphatic carbocycles. The molecule has 2 fully saturated rings. The summed E-state index contributed by atoms with van der Waals surface area (Å²) in [6, 6.07) is 4.97. The molecule has 0 unspecified atom stereocenters. The van der Waals surface area contributed by atoms with E-state index in [9.17, 15) is 14.9 Å². The van der Waals surface area contributed by atoms with Crippen LogP contribution in [0.5, 0.6) is 0 Å². The first-order valence-corrected chi connectivity index (χ1v) is 7.41. The van der Waals surface area contributed by atoms with Gasteiger partial charge in [-0.2, -0.15) is 0 Å². The van der Waals surface area contributed by atoms with E-state index in [-0.39, 0.29) is 30.3 Å². The highest BCUT2D eigenvalue weighted by Crippen LogP contribution is 2.31. The van der Waals surface area contributed by atoms with Crippen molar-refractivity contribution >= 4 is 33.2 Å². The van der Waals surface area contributed by atoms with Crippen molar-refractivity contribution < 1.29 is 14.5 Å². The van der Waals surface area contributed by atoms with Gasteiger partial charge < -0.3 is 15.0 Å². The number of benzene rings is 1. The minimum Gasteiger partial charge on any atom is -0.375 e. The molecule has 0 bridgehead atoms. The third-order valence-electron chi connectivity index (χ3n) is 3.79. The van der Waals surface area contributed by atoms with Gasteiger partial charge >= 0.3 is 0 Å². The molecule has 0 radical (unpaired) electrons. The first kappa shape index (κ1) is 14.3. The van der Waals surface area contributed by atoms with Crippen molar-refractivity contribution in [2.75, 3.05) is 25.1 Å². The number of nitro benzene ring substituents is 1. The zero-order chi connectivity index (χ0) is 15.0. The first-order valence-electron chi connectivity index (χ1n) is 6.62. The van der Waals surface area contributed by atoms with E-state index < -0.39 is 4.92 Å². The van der Waals surface area contributed by atoms with E-state index in [0.29, 0.717) is 23.3 Å². The smallest absolute Gasteiger partial charge is 0.293 e. The van der Waals surface area contributed by atoms with E-state index in [1.807, 2.05) is 0 Å². The number of hydrogen-bond donors (Lipinski definition) is 1. The maximum absolute atomic E-state index is 11.8. The monoisotopic (exact) mass is 355 g/mol. The van der Waals surface area contributed by atoms with Crippen molar-refractivity contribution in [1.29, 1.82) is 0 Å². The quantitative estimate of drug-likeness (QED) is 0.659. The Bertz CT molecular complexity index is 595. The third kappa shape index (κ3) is 2.86. The van der Waals surface area contributed by atoms with Gasteiger partial charge in [-0.3, -0.25) is 14.9 Å². The average molecular weight is 356 g/mol. The van der Waals surface area contributed by atoms with Gasteiger partial charge in [0, 0.05) is 23.1 Å². The number of nitro groups is 1. The number of carbonyl (C=O) groups excluding carboxylic acids is 1. The van der Waals surface area contributed by atoms with Gasteiger partial charge in [-0.15, -0.1) is 0 Å². The zero-order valence-corrected chi connectivity index (χ0v) is 12.7. The summed E-state index contributed by atoms with van der Waals surface area (Å²) in [5, 5.41) is 14.3. The molecular formula is C13H14BrN3O4. The van der Waals surface area contributed by atoms with Crippen LogP contribution in [0.4, 0.5) is 11.4 Å². The van der Waals surface area contributed by atoms with Gasteiger partial charge in [0.25, 0.3) is 5.69 Å². The van der Waals surface area contributed by atoms with Crippen LogP contribution >= 0.6 is 15.9 Å². The number of anilines is 1. The van der Waals surface area contributed by atoms with Crippen LogP contribution in [0.3, 0.4) is 0 Å². The largest absolute Gasteiger partial charge is 0.375 e. The van der Waals surface area contributed by atoms with Crippen LogP contribution in [0.15, 0.2) is 22.7 Å². The second-order valence-corrected chi connectivity index (χ2v) is 6.13. The fraction of sp³-hybridized carbons (Fsp3) is 0.462. The summed E-state index contributed by atoms with van der Waals surface area (Å²) in [7, 11) is 0. The summed E-state index contributed by atoms with van der Waals surface area (Å²) in [6.07, 6.45) is 0.735. The number of nitrogens with zero attached hydrogens (tertiary/aromatic N) is 2. The van der Waals surface area contributed by atoms with Crippen LogP contribution in [-0.2, 0) is 9.53 Å². The predicted molar refractivity (Wildman–Crippen MR) is 79.1 cm³/mol. The summed E-state index contributed by atoms with van der Waals surface area (Å²) in [5.41, 5.74) is 0.498. The average Bonchev–Trinajstić information content (AvgIpc) is 2.85. The molecule has 2 atom stereocenters. The Morgan fingerprint density at radius 2 is 2.29 bits per heavy atom. The lowest BCUT2D eigenvalue weighted by molar-refractivity contribution is -0.384. The maximum Gasteiger partial charge on any atom is 0.293 e. The summed E-state index contributed by atoms with van der Waals surface area (Å²) in [6.45, 7) is 1.22. The molecule has 0 spiro atoms. The molecule has 7 nitrogen and oxygen atoms in total.